The topological polar surface area (TPSA) is 84.9 Å². The fourth-order valence-corrected chi connectivity index (χ4v) is 4.22. The summed E-state index contributed by atoms with van der Waals surface area (Å²) in [5.74, 6) is -0.944. The molecule has 0 aliphatic carbocycles. The van der Waals surface area contributed by atoms with Crippen molar-refractivity contribution in [1.29, 1.82) is 0 Å². The summed E-state index contributed by atoms with van der Waals surface area (Å²) in [5.41, 5.74) is 1.81. The molecule has 0 bridgehead atoms. The number of anilines is 1. The Balaban J connectivity index is 1.68. The second-order valence-electron chi connectivity index (χ2n) is 8.10. The molecule has 190 valence electrons. The SMILES string of the molecule is CCOc1ccc(N2C(=O)NC(=O)/C(=C\c3cc(Cl)c(Cc4cccc(F)c4)c(OCC)c3)C2=O)cc1. The van der Waals surface area contributed by atoms with Crippen LogP contribution in [0.1, 0.15) is 30.5 Å². The molecule has 1 fully saturated rings. The number of nitrogens with one attached hydrogen (secondary N) is 1. The molecule has 0 spiro atoms. The van der Waals surface area contributed by atoms with Crippen LogP contribution in [0.2, 0.25) is 5.02 Å². The molecule has 1 aliphatic heterocycles. The lowest BCUT2D eigenvalue weighted by Gasteiger charge is -2.26. The summed E-state index contributed by atoms with van der Waals surface area (Å²) in [7, 11) is 0. The largest absolute Gasteiger partial charge is 0.494 e. The lowest BCUT2D eigenvalue weighted by molar-refractivity contribution is -0.122. The van der Waals surface area contributed by atoms with E-state index < -0.39 is 17.8 Å². The minimum atomic E-state index is -0.852. The number of amides is 4. The van der Waals surface area contributed by atoms with Gasteiger partial charge in [0.15, 0.2) is 0 Å². The van der Waals surface area contributed by atoms with E-state index in [9.17, 15) is 18.8 Å². The summed E-state index contributed by atoms with van der Waals surface area (Å²) in [4.78, 5) is 39.2. The van der Waals surface area contributed by atoms with Crippen molar-refractivity contribution >= 4 is 41.2 Å². The van der Waals surface area contributed by atoms with Crippen molar-refractivity contribution in [3.8, 4) is 11.5 Å². The molecule has 3 aromatic carbocycles. The number of barbiturate groups is 1. The number of halogens is 2. The summed E-state index contributed by atoms with van der Waals surface area (Å²) in [6.07, 6.45) is 1.67. The second-order valence-corrected chi connectivity index (χ2v) is 8.51. The number of benzene rings is 3. The van der Waals surface area contributed by atoms with E-state index in [0.29, 0.717) is 52.8 Å². The van der Waals surface area contributed by atoms with Crippen molar-refractivity contribution in [3.05, 3.63) is 93.8 Å². The third kappa shape index (κ3) is 5.81. The van der Waals surface area contributed by atoms with E-state index in [4.69, 9.17) is 21.1 Å². The van der Waals surface area contributed by atoms with Gasteiger partial charge in [-0.15, -0.1) is 0 Å². The second kappa shape index (κ2) is 11.3. The summed E-state index contributed by atoms with van der Waals surface area (Å²) < 4.78 is 24.9. The van der Waals surface area contributed by atoms with Crippen LogP contribution in [0.15, 0.2) is 66.2 Å². The summed E-state index contributed by atoms with van der Waals surface area (Å²) in [5, 5.41) is 2.52. The molecule has 37 heavy (non-hydrogen) atoms. The zero-order valence-electron chi connectivity index (χ0n) is 20.2. The van der Waals surface area contributed by atoms with Crippen molar-refractivity contribution in [2.24, 2.45) is 0 Å². The van der Waals surface area contributed by atoms with Crippen LogP contribution < -0.4 is 19.7 Å². The molecule has 7 nitrogen and oxygen atoms in total. The Hall–Kier alpha value is -4.17. The number of carbonyl (C=O) groups is 3. The number of carbonyl (C=O) groups excluding carboxylic acids is 3. The van der Waals surface area contributed by atoms with E-state index in [0.717, 1.165) is 4.90 Å². The molecule has 0 aromatic heterocycles. The predicted octanol–water partition coefficient (Wildman–Crippen LogP) is 5.53. The highest BCUT2D eigenvalue weighted by Gasteiger charge is 2.37. The predicted molar refractivity (Wildman–Crippen MR) is 138 cm³/mol. The number of ether oxygens (including phenoxy) is 2. The number of nitrogens with zero attached hydrogens (tertiary/aromatic N) is 1. The molecule has 0 unspecified atom stereocenters. The van der Waals surface area contributed by atoms with Crippen molar-refractivity contribution < 1.29 is 28.2 Å². The van der Waals surface area contributed by atoms with Crippen LogP contribution >= 0.6 is 11.6 Å². The highest BCUT2D eigenvalue weighted by atomic mass is 35.5. The maximum Gasteiger partial charge on any atom is 0.335 e. The Labute approximate surface area is 218 Å². The first-order chi connectivity index (χ1) is 17.8. The lowest BCUT2D eigenvalue weighted by atomic mass is 10.00. The Morgan fingerprint density at radius 1 is 0.973 bits per heavy atom. The molecule has 0 saturated carbocycles. The van der Waals surface area contributed by atoms with Gasteiger partial charge in [0.25, 0.3) is 11.8 Å². The first-order valence-corrected chi connectivity index (χ1v) is 12.0. The van der Waals surface area contributed by atoms with Crippen LogP contribution in [-0.2, 0) is 16.0 Å². The van der Waals surface area contributed by atoms with Crippen LogP contribution in [0, 0.1) is 5.82 Å². The van der Waals surface area contributed by atoms with Gasteiger partial charge in [-0.3, -0.25) is 14.9 Å². The summed E-state index contributed by atoms with van der Waals surface area (Å²) >= 11 is 6.57. The monoisotopic (exact) mass is 522 g/mol. The van der Waals surface area contributed by atoms with E-state index in [1.807, 2.05) is 13.8 Å². The third-order valence-electron chi connectivity index (χ3n) is 5.57. The van der Waals surface area contributed by atoms with Crippen molar-refractivity contribution in [1.82, 2.24) is 5.32 Å². The Bertz CT molecular complexity index is 1390. The van der Waals surface area contributed by atoms with Crippen LogP contribution in [0.4, 0.5) is 14.9 Å². The van der Waals surface area contributed by atoms with Crippen molar-refractivity contribution in [2.45, 2.75) is 20.3 Å². The van der Waals surface area contributed by atoms with Crippen LogP contribution in [-0.4, -0.2) is 31.1 Å². The van der Waals surface area contributed by atoms with Crippen LogP contribution in [0.5, 0.6) is 11.5 Å². The Morgan fingerprint density at radius 3 is 2.38 bits per heavy atom. The van der Waals surface area contributed by atoms with Gasteiger partial charge in [0, 0.05) is 17.0 Å². The smallest absolute Gasteiger partial charge is 0.335 e. The van der Waals surface area contributed by atoms with Gasteiger partial charge in [0.05, 0.1) is 18.9 Å². The molecule has 4 rings (SSSR count). The van der Waals surface area contributed by atoms with E-state index in [1.54, 1.807) is 48.5 Å². The van der Waals surface area contributed by atoms with Crippen LogP contribution in [0.3, 0.4) is 0 Å². The number of imide groups is 2. The first-order valence-electron chi connectivity index (χ1n) is 11.6. The summed E-state index contributed by atoms with van der Waals surface area (Å²) in [6.45, 7) is 4.46. The number of rotatable bonds is 8. The van der Waals surface area contributed by atoms with Gasteiger partial charge in [-0.1, -0.05) is 23.7 Å². The van der Waals surface area contributed by atoms with E-state index in [2.05, 4.69) is 5.32 Å². The lowest BCUT2D eigenvalue weighted by Crippen LogP contribution is -2.54. The van der Waals surface area contributed by atoms with E-state index in [-0.39, 0.29) is 17.1 Å². The highest BCUT2D eigenvalue weighted by molar-refractivity contribution is 6.39. The molecular weight excluding hydrogens is 499 g/mol. The average molecular weight is 523 g/mol. The van der Waals surface area contributed by atoms with Crippen LogP contribution in [0.25, 0.3) is 6.08 Å². The molecule has 1 heterocycles. The fraction of sp³-hybridized carbons (Fsp3) is 0.179. The fourth-order valence-electron chi connectivity index (χ4n) is 3.94. The first kappa shape index (κ1) is 25.9. The standard InChI is InChI=1S/C28H24ClFN2O5/c1-3-36-21-10-8-20(9-11-21)32-27(34)23(26(33)31-28(32)35)14-18-15-24(29)22(25(16-18)37-4-2)13-17-6-5-7-19(30)12-17/h5-12,14-16H,3-4,13H2,1-2H3,(H,31,33,35)/b23-14+. The molecule has 0 radical (unpaired) electrons. The molecule has 3 aromatic rings. The van der Waals surface area contributed by atoms with E-state index >= 15 is 0 Å². The molecule has 9 heteroatoms. The molecule has 1 saturated heterocycles. The van der Waals surface area contributed by atoms with Gasteiger partial charge < -0.3 is 9.47 Å². The van der Waals surface area contributed by atoms with Gasteiger partial charge >= 0.3 is 6.03 Å². The number of hydrogen-bond acceptors (Lipinski definition) is 5. The minimum Gasteiger partial charge on any atom is -0.494 e. The van der Waals surface area contributed by atoms with Crippen molar-refractivity contribution in [2.75, 3.05) is 18.1 Å². The van der Waals surface area contributed by atoms with Gasteiger partial charge in [-0.25, -0.2) is 14.1 Å². The van der Waals surface area contributed by atoms with E-state index in [1.165, 1.54) is 18.2 Å². The molecule has 1 N–H and O–H groups in total. The quantitative estimate of drug-likeness (QED) is 0.310. The third-order valence-corrected chi connectivity index (χ3v) is 5.90. The summed E-state index contributed by atoms with van der Waals surface area (Å²) in [6, 6.07) is 14.9. The average Bonchev–Trinajstić information content (AvgIpc) is 2.85. The molecule has 1 aliphatic rings. The number of hydrogen-bond donors (Lipinski definition) is 1. The maximum absolute atomic E-state index is 13.7. The van der Waals surface area contributed by atoms with Gasteiger partial charge in [0.2, 0.25) is 0 Å². The number of urea groups is 1. The maximum atomic E-state index is 13.7. The Morgan fingerprint density at radius 2 is 1.70 bits per heavy atom. The molecular formula is C28H24ClFN2O5. The Kier molecular flexibility index (Phi) is 7.89. The van der Waals surface area contributed by atoms with Gasteiger partial charge in [-0.2, -0.15) is 0 Å². The zero-order chi connectivity index (χ0) is 26.5. The van der Waals surface area contributed by atoms with Gasteiger partial charge in [0.1, 0.15) is 22.9 Å². The molecule has 0 atom stereocenters. The zero-order valence-corrected chi connectivity index (χ0v) is 21.0. The minimum absolute atomic E-state index is 0.245. The normalized spacial score (nSPS) is 14.6. The van der Waals surface area contributed by atoms with Crippen molar-refractivity contribution in [3.63, 3.8) is 0 Å². The van der Waals surface area contributed by atoms with Gasteiger partial charge in [-0.05, 0) is 79.6 Å². The molecule has 4 amide bonds. The highest BCUT2D eigenvalue weighted by Crippen LogP contribution is 2.33.